The van der Waals surface area contributed by atoms with Crippen LogP contribution in [0.5, 0.6) is 0 Å². The van der Waals surface area contributed by atoms with Crippen molar-refractivity contribution in [3.63, 3.8) is 0 Å². The number of unbranched alkanes of at least 4 members (excludes halogenated alkanes) is 65. The zero-order valence-corrected chi connectivity index (χ0v) is 68.8. The van der Waals surface area contributed by atoms with Gasteiger partial charge in [-0.1, -0.05) is 443 Å². The summed E-state index contributed by atoms with van der Waals surface area (Å²) in [6.07, 6.45) is 83.3. The van der Waals surface area contributed by atoms with Gasteiger partial charge in [0, 0.05) is 6.42 Å². The number of allylic oxidation sites excluding steroid dienone is 3. The Labute approximate surface area is 647 Å². The lowest BCUT2D eigenvalue weighted by atomic mass is 9.97. The Kier molecular flexibility index (Phi) is 71.3. The van der Waals surface area contributed by atoms with Crippen molar-refractivity contribution in [2.75, 3.05) is 19.8 Å². The molecule has 2 aliphatic heterocycles. The van der Waals surface area contributed by atoms with E-state index in [-0.39, 0.29) is 18.9 Å². The predicted molar refractivity (Wildman–Crippen MR) is 438 cm³/mol. The number of hydrogen-bond acceptors (Lipinski definition) is 13. The van der Waals surface area contributed by atoms with E-state index in [0.717, 1.165) is 32.1 Å². The van der Waals surface area contributed by atoms with Gasteiger partial charge in [-0.15, -0.1) is 0 Å². The van der Waals surface area contributed by atoms with Crippen molar-refractivity contribution in [2.45, 2.75) is 530 Å². The molecule has 0 aromatic carbocycles. The first-order valence-corrected chi connectivity index (χ1v) is 46.1. The van der Waals surface area contributed by atoms with Gasteiger partial charge in [0.1, 0.15) is 48.8 Å². The molecule has 0 spiro atoms. The quantitative estimate of drug-likeness (QED) is 0.0204. The normalized spacial score (nSPS) is 21.4. The monoisotopic (exact) mass is 1490 g/mol. The van der Waals surface area contributed by atoms with Gasteiger partial charge in [-0.2, -0.15) is 0 Å². The highest BCUT2D eigenvalue weighted by Gasteiger charge is 2.51. The largest absolute Gasteiger partial charge is 0.394 e. The summed E-state index contributed by atoms with van der Waals surface area (Å²) in [5, 5.41) is 87.8. The standard InChI is InChI=1S/C91H175NO13/c1-3-5-7-9-11-13-15-17-19-21-23-25-27-29-31-33-35-36-37-38-39-40-41-42-43-45-47-49-51-53-55-57-59-61-63-65-67-69-71-73-75-83(96)92-79(78-102-90-88(101)86(99)89(82(77-94)104-90)105-91-87(100)85(98)84(97)81(76-93)103-91)80(95)74-72-70-68-66-64-62-60-58-56-54-52-50-48-46-44-34-32-30-28-26-24-22-20-18-16-14-12-10-8-6-4-2/h64,66,72,74,79-82,84-91,93-95,97-101H,3-63,65,67-71,73,75-78H2,1-2H3,(H,92,96)/b66-64+,74-72+. The van der Waals surface area contributed by atoms with Crippen molar-refractivity contribution in [3.05, 3.63) is 24.3 Å². The Morgan fingerprint density at radius 3 is 0.933 bits per heavy atom. The van der Waals surface area contributed by atoms with Crippen LogP contribution in [0.4, 0.5) is 0 Å². The molecule has 622 valence electrons. The highest BCUT2D eigenvalue weighted by Crippen LogP contribution is 2.31. The second-order valence-corrected chi connectivity index (χ2v) is 32.8. The fraction of sp³-hybridized carbons (Fsp3) is 0.945. The number of nitrogens with one attached hydrogen (secondary N) is 1. The van der Waals surface area contributed by atoms with Crippen molar-refractivity contribution in [3.8, 4) is 0 Å². The van der Waals surface area contributed by atoms with E-state index in [0.29, 0.717) is 12.8 Å². The van der Waals surface area contributed by atoms with Crippen LogP contribution in [0.1, 0.15) is 457 Å². The lowest BCUT2D eigenvalue weighted by Gasteiger charge is -2.46. The molecule has 0 saturated carbocycles. The third kappa shape index (κ3) is 57.2. The van der Waals surface area contributed by atoms with Gasteiger partial charge in [0.2, 0.25) is 5.91 Å². The van der Waals surface area contributed by atoms with Gasteiger partial charge in [0.25, 0.3) is 0 Å². The number of aliphatic hydroxyl groups is 8. The molecule has 14 heteroatoms. The third-order valence-electron chi connectivity index (χ3n) is 22.9. The summed E-state index contributed by atoms with van der Waals surface area (Å²) in [7, 11) is 0. The predicted octanol–water partition coefficient (Wildman–Crippen LogP) is 22.5. The molecule has 0 bridgehead atoms. The number of hydrogen-bond donors (Lipinski definition) is 9. The van der Waals surface area contributed by atoms with Gasteiger partial charge in [-0.25, -0.2) is 0 Å². The second kappa shape index (κ2) is 75.2. The van der Waals surface area contributed by atoms with Gasteiger partial charge in [0.05, 0.1) is 32.0 Å². The molecule has 1 amide bonds. The Morgan fingerprint density at radius 2 is 0.610 bits per heavy atom. The van der Waals surface area contributed by atoms with Crippen LogP contribution >= 0.6 is 0 Å². The molecular formula is C91H175NO13. The van der Waals surface area contributed by atoms with Gasteiger partial charge in [-0.05, 0) is 32.1 Å². The van der Waals surface area contributed by atoms with Crippen LogP contribution in [0.25, 0.3) is 0 Å². The van der Waals surface area contributed by atoms with E-state index in [1.54, 1.807) is 6.08 Å². The molecule has 12 unspecified atom stereocenters. The Bertz CT molecular complexity index is 1860. The van der Waals surface area contributed by atoms with Crippen molar-refractivity contribution < 1.29 is 64.6 Å². The molecule has 0 aliphatic carbocycles. The molecule has 2 fully saturated rings. The van der Waals surface area contributed by atoms with E-state index >= 15 is 0 Å². The molecule has 12 atom stereocenters. The molecule has 2 saturated heterocycles. The molecule has 14 nitrogen and oxygen atoms in total. The smallest absolute Gasteiger partial charge is 0.220 e. The minimum Gasteiger partial charge on any atom is -0.394 e. The van der Waals surface area contributed by atoms with Crippen LogP contribution in [-0.4, -0.2) is 140 Å². The molecule has 0 radical (unpaired) electrons. The maximum atomic E-state index is 13.4. The summed E-state index contributed by atoms with van der Waals surface area (Å²) in [5.74, 6) is -0.238. The summed E-state index contributed by atoms with van der Waals surface area (Å²) in [6, 6.07) is -0.931. The first kappa shape index (κ1) is 99.5. The van der Waals surface area contributed by atoms with Crippen LogP contribution in [0.2, 0.25) is 0 Å². The number of ether oxygens (including phenoxy) is 4. The zero-order chi connectivity index (χ0) is 75.8. The van der Waals surface area contributed by atoms with Gasteiger partial charge in [0.15, 0.2) is 12.6 Å². The van der Waals surface area contributed by atoms with E-state index in [9.17, 15) is 45.6 Å². The van der Waals surface area contributed by atoms with Crippen molar-refractivity contribution >= 4 is 5.91 Å². The Balaban J connectivity index is 1.55. The average molecular weight is 1490 g/mol. The van der Waals surface area contributed by atoms with Crippen molar-refractivity contribution in [2.24, 2.45) is 0 Å². The van der Waals surface area contributed by atoms with E-state index in [2.05, 4.69) is 31.3 Å². The lowest BCUT2D eigenvalue weighted by molar-refractivity contribution is -0.359. The molecule has 2 heterocycles. The zero-order valence-electron chi connectivity index (χ0n) is 68.8. The molecule has 2 aliphatic rings. The summed E-state index contributed by atoms with van der Waals surface area (Å²) >= 11 is 0. The Hall–Kier alpha value is -1.53. The van der Waals surface area contributed by atoms with Gasteiger partial charge in [-0.3, -0.25) is 4.79 Å². The first-order valence-electron chi connectivity index (χ1n) is 46.1. The molecule has 9 N–H and O–H groups in total. The summed E-state index contributed by atoms with van der Waals surface area (Å²) in [5.41, 5.74) is 0. The van der Waals surface area contributed by atoms with Crippen LogP contribution < -0.4 is 5.32 Å². The number of rotatable bonds is 80. The maximum Gasteiger partial charge on any atom is 0.220 e. The Morgan fingerprint density at radius 1 is 0.333 bits per heavy atom. The average Bonchev–Trinajstić information content (AvgIpc) is 0.790. The second-order valence-electron chi connectivity index (χ2n) is 32.8. The van der Waals surface area contributed by atoms with Gasteiger partial charge < -0.3 is 65.1 Å². The highest BCUT2D eigenvalue weighted by molar-refractivity contribution is 5.76. The van der Waals surface area contributed by atoms with Crippen LogP contribution in [0, 0.1) is 0 Å². The topological polar surface area (TPSA) is 228 Å². The van der Waals surface area contributed by atoms with E-state index in [4.69, 9.17) is 18.9 Å². The SMILES string of the molecule is CCCCCCCCCCCCCCCCCCCCCCCCCCC/C=C/CC/C=C/C(O)C(COC1OC(CO)C(OC2OC(CO)C(O)C(O)C2O)C(O)C1O)NC(=O)CCCCCCCCCCCCCCCCCCCCCCCCCCCCCCCCCCCCCCCCCC. The van der Waals surface area contributed by atoms with Gasteiger partial charge >= 0.3 is 0 Å². The van der Waals surface area contributed by atoms with E-state index in [1.807, 2.05) is 6.08 Å². The van der Waals surface area contributed by atoms with Crippen LogP contribution in [0.3, 0.4) is 0 Å². The fourth-order valence-corrected chi connectivity index (χ4v) is 15.7. The first-order chi connectivity index (χ1) is 51.6. The number of aliphatic hydroxyl groups excluding tert-OH is 8. The number of carbonyl (C=O) groups is 1. The highest BCUT2D eigenvalue weighted by atomic mass is 16.7. The minimum absolute atomic E-state index is 0.238. The minimum atomic E-state index is -1.79. The third-order valence-corrected chi connectivity index (χ3v) is 22.9. The number of carbonyl (C=O) groups excluding carboxylic acids is 1. The van der Waals surface area contributed by atoms with Crippen molar-refractivity contribution in [1.82, 2.24) is 5.32 Å². The fourth-order valence-electron chi connectivity index (χ4n) is 15.7. The lowest BCUT2D eigenvalue weighted by Crippen LogP contribution is -2.65. The van der Waals surface area contributed by atoms with Crippen LogP contribution in [-0.2, 0) is 23.7 Å². The summed E-state index contributed by atoms with van der Waals surface area (Å²) in [6.45, 7) is 2.87. The molecule has 105 heavy (non-hydrogen) atoms. The summed E-state index contributed by atoms with van der Waals surface area (Å²) in [4.78, 5) is 13.4. The number of amides is 1. The molecule has 0 aromatic heterocycles. The maximum absolute atomic E-state index is 13.4. The molecule has 0 aromatic rings. The summed E-state index contributed by atoms with van der Waals surface area (Å²) < 4.78 is 23.0. The van der Waals surface area contributed by atoms with Crippen molar-refractivity contribution in [1.29, 1.82) is 0 Å². The van der Waals surface area contributed by atoms with E-state index < -0.39 is 86.8 Å². The van der Waals surface area contributed by atoms with Crippen LogP contribution in [0.15, 0.2) is 24.3 Å². The molecular weight excluding hydrogens is 1310 g/mol. The van der Waals surface area contributed by atoms with E-state index in [1.165, 1.54) is 392 Å². The molecule has 2 rings (SSSR count).